The van der Waals surface area contributed by atoms with Crippen LogP contribution in [0.1, 0.15) is 96.8 Å². The van der Waals surface area contributed by atoms with Gasteiger partial charge in [-0.3, -0.25) is 0 Å². The van der Waals surface area contributed by atoms with Crippen LogP contribution in [-0.4, -0.2) is 55.5 Å². The number of ether oxygens (including phenoxy) is 4. The average molecular weight is 441 g/mol. The van der Waals surface area contributed by atoms with Crippen molar-refractivity contribution in [2.75, 3.05) is 13.2 Å². The Morgan fingerprint density at radius 2 is 1.74 bits per heavy atom. The van der Waals surface area contributed by atoms with E-state index in [2.05, 4.69) is 6.92 Å². The Morgan fingerprint density at radius 1 is 1.00 bits per heavy atom. The largest absolute Gasteiger partial charge is 0.393 e. The molecule has 2 heterocycles. The minimum atomic E-state index is -0.482. The Balaban J connectivity index is 1.58. The molecule has 3 rings (SSSR count). The molecule has 6 nitrogen and oxygen atoms in total. The van der Waals surface area contributed by atoms with Crippen LogP contribution in [0.5, 0.6) is 0 Å². The first-order chi connectivity index (χ1) is 15.2. The van der Waals surface area contributed by atoms with Crippen molar-refractivity contribution in [2.45, 2.75) is 128 Å². The fourth-order valence-corrected chi connectivity index (χ4v) is 5.48. The highest BCUT2D eigenvalue weighted by atomic mass is 16.7. The van der Waals surface area contributed by atoms with Crippen molar-refractivity contribution in [2.24, 2.45) is 11.8 Å². The molecule has 7 unspecified atom stereocenters. The number of carbonyl (C=O) groups is 1. The van der Waals surface area contributed by atoms with Gasteiger partial charge in [0.25, 0.3) is 0 Å². The van der Waals surface area contributed by atoms with Crippen LogP contribution in [0.15, 0.2) is 0 Å². The zero-order valence-corrected chi connectivity index (χ0v) is 19.4. The smallest absolute Gasteiger partial charge is 0.157 e. The van der Waals surface area contributed by atoms with Crippen molar-refractivity contribution < 1.29 is 28.8 Å². The fraction of sp³-hybridized carbons (Fsp3) is 0.960. The summed E-state index contributed by atoms with van der Waals surface area (Å²) in [5.74, 6) is 0.128. The van der Waals surface area contributed by atoms with E-state index >= 15 is 0 Å². The van der Waals surface area contributed by atoms with Gasteiger partial charge in [0.1, 0.15) is 6.29 Å². The van der Waals surface area contributed by atoms with Crippen molar-refractivity contribution in [3.05, 3.63) is 0 Å². The molecular formula is C25H44O6. The molecule has 0 radical (unpaired) electrons. The van der Waals surface area contributed by atoms with Crippen LogP contribution in [0.2, 0.25) is 0 Å². The molecule has 6 heteroatoms. The summed E-state index contributed by atoms with van der Waals surface area (Å²) in [5, 5.41) is 10.7. The van der Waals surface area contributed by atoms with Crippen molar-refractivity contribution in [3.8, 4) is 0 Å². The Kier molecular flexibility index (Phi) is 11.2. The fourth-order valence-electron chi connectivity index (χ4n) is 5.48. The average Bonchev–Trinajstić information content (AvgIpc) is 3.07. The Hall–Kier alpha value is -0.530. The second kappa shape index (κ2) is 13.9. The number of aliphatic hydroxyl groups excluding tert-OH is 1. The number of hydrogen-bond donors (Lipinski definition) is 1. The first-order valence-electron chi connectivity index (χ1n) is 12.9. The lowest BCUT2D eigenvalue weighted by molar-refractivity contribution is -0.200. The molecule has 0 aromatic carbocycles. The van der Waals surface area contributed by atoms with E-state index in [0.717, 1.165) is 77.3 Å². The molecule has 1 saturated carbocycles. The summed E-state index contributed by atoms with van der Waals surface area (Å²) in [6.07, 6.45) is 14.1. The number of aliphatic hydroxyl groups is 1. The van der Waals surface area contributed by atoms with Gasteiger partial charge < -0.3 is 28.8 Å². The van der Waals surface area contributed by atoms with Crippen molar-refractivity contribution in [1.29, 1.82) is 0 Å². The summed E-state index contributed by atoms with van der Waals surface area (Å²) in [7, 11) is 0. The number of hydrogen-bond acceptors (Lipinski definition) is 6. The van der Waals surface area contributed by atoms with E-state index in [-0.39, 0.29) is 36.6 Å². The van der Waals surface area contributed by atoms with Gasteiger partial charge in [0, 0.05) is 26.1 Å². The third-order valence-corrected chi connectivity index (χ3v) is 7.26. The first-order valence-corrected chi connectivity index (χ1v) is 12.9. The summed E-state index contributed by atoms with van der Waals surface area (Å²) < 4.78 is 24.3. The number of carbonyl (C=O) groups excluding carboxylic acids is 1. The molecule has 31 heavy (non-hydrogen) atoms. The van der Waals surface area contributed by atoms with Crippen LogP contribution in [0, 0.1) is 11.8 Å². The van der Waals surface area contributed by atoms with E-state index in [0.29, 0.717) is 12.8 Å². The Morgan fingerprint density at radius 3 is 2.39 bits per heavy atom. The predicted molar refractivity (Wildman–Crippen MR) is 119 cm³/mol. The lowest BCUT2D eigenvalue weighted by Gasteiger charge is -2.32. The minimum Gasteiger partial charge on any atom is -0.393 e. The molecule has 0 amide bonds. The van der Waals surface area contributed by atoms with E-state index in [9.17, 15) is 9.90 Å². The van der Waals surface area contributed by atoms with E-state index in [4.69, 9.17) is 18.9 Å². The third-order valence-electron chi connectivity index (χ3n) is 7.26. The third kappa shape index (κ3) is 8.08. The monoisotopic (exact) mass is 440 g/mol. The Labute approximate surface area is 188 Å². The van der Waals surface area contributed by atoms with Crippen LogP contribution in [0.25, 0.3) is 0 Å². The SMILES string of the molecule is CCCCCC(CCC1C(OC2CCCCO2)CC(O)C1CC=O)OC1CCCCO1. The first kappa shape index (κ1) is 25.1. The lowest BCUT2D eigenvalue weighted by atomic mass is 9.86. The maximum Gasteiger partial charge on any atom is 0.157 e. The summed E-state index contributed by atoms with van der Waals surface area (Å²) in [4.78, 5) is 11.3. The van der Waals surface area contributed by atoms with Gasteiger partial charge in [-0.2, -0.15) is 0 Å². The quantitative estimate of drug-likeness (QED) is 0.329. The summed E-state index contributed by atoms with van der Waals surface area (Å²) in [5.41, 5.74) is 0. The molecule has 1 N–H and O–H groups in total. The number of unbranched alkanes of at least 4 members (excludes halogenated alkanes) is 2. The van der Waals surface area contributed by atoms with Crippen LogP contribution in [0.3, 0.4) is 0 Å². The topological polar surface area (TPSA) is 74.2 Å². The zero-order valence-electron chi connectivity index (χ0n) is 19.4. The predicted octanol–water partition coefficient (Wildman–Crippen LogP) is 4.76. The van der Waals surface area contributed by atoms with Crippen LogP contribution in [0.4, 0.5) is 0 Å². The summed E-state index contributed by atoms with van der Waals surface area (Å²) >= 11 is 0. The zero-order chi connectivity index (χ0) is 21.9. The molecule has 2 aliphatic heterocycles. The molecule has 0 aromatic heterocycles. The highest BCUT2D eigenvalue weighted by Gasteiger charge is 2.44. The van der Waals surface area contributed by atoms with Gasteiger partial charge in [-0.05, 0) is 69.6 Å². The van der Waals surface area contributed by atoms with E-state index in [1.165, 1.54) is 19.3 Å². The highest BCUT2D eigenvalue weighted by Crippen LogP contribution is 2.41. The van der Waals surface area contributed by atoms with Crippen molar-refractivity contribution in [1.82, 2.24) is 0 Å². The van der Waals surface area contributed by atoms with Gasteiger partial charge in [0.15, 0.2) is 12.6 Å². The molecule has 0 aromatic rings. The number of rotatable bonds is 13. The van der Waals surface area contributed by atoms with Crippen molar-refractivity contribution in [3.63, 3.8) is 0 Å². The van der Waals surface area contributed by atoms with E-state index in [1.807, 2.05) is 0 Å². The van der Waals surface area contributed by atoms with Crippen LogP contribution >= 0.6 is 0 Å². The van der Waals surface area contributed by atoms with Gasteiger partial charge in [-0.1, -0.05) is 26.2 Å². The van der Waals surface area contributed by atoms with Gasteiger partial charge in [0.05, 0.1) is 18.3 Å². The van der Waals surface area contributed by atoms with Crippen LogP contribution in [-0.2, 0) is 23.7 Å². The van der Waals surface area contributed by atoms with E-state index in [1.54, 1.807) is 0 Å². The van der Waals surface area contributed by atoms with Crippen LogP contribution < -0.4 is 0 Å². The van der Waals surface area contributed by atoms with Gasteiger partial charge in [0.2, 0.25) is 0 Å². The molecule has 180 valence electrons. The lowest BCUT2D eigenvalue weighted by Crippen LogP contribution is -2.33. The molecule has 2 saturated heterocycles. The summed E-state index contributed by atoms with van der Waals surface area (Å²) in [6.45, 7) is 3.76. The minimum absolute atomic E-state index is 0.0340. The summed E-state index contributed by atoms with van der Waals surface area (Å²) in [6, 6.07) is 0. The van der Waals surface area contributed by atoms with Crippen molar-refractivity contribution >= 4 is 6.29 Å². The standard InChI is InChI=1S/C25H44O6/c1-2-3-4-9-19(30-24-10-5-7-16-28-24)12-13-21-20(14-15-26)22(27)18-23(21)31-25-11-6-8-17-29-25/h15,19-25,27H,2-14,16-18H2,1H3. The molecule has 0 bridgehead atoms. The van der Waals surface area contributed by atoms with Gasteiger partial charge in [-0.15, -0.1) is 0 Å². The maximum atomic E-state index is 11.3. The van der Waals surface area contributed by atoms with E-state index < -0.39 is 6.10 Å². The molecular weight excluding hydrogens is 396 g/mol. The second-order valence-corrected chi connectivity index (χ2v) is 9.63. The molecule has 1 aliphatic carbocycles. The molecule has 7 atom stereocenters. The normalized spacial score (nSPS) is 35.2. The van der Waals surface area contributed by atoms with Gasteiger partial charge >= 0.3 is 0 Å². The molecule has 3 aliphatic rings. The molecule has 3 fully saturated rings. The highest BCUT2D eigenvalue weighted by molar-refractivity contribution is 5.50. The Bertz CT molecular complexity index is 488. The van der Waals surface area contributed by atoms with Gasteiger partial charge in [-0.25, -0.2) is 0 Å². The second-order valence-electron chi connectivity index (χ2n) is 9.63. The number of aldehydes is 1. The maximum absolute atomic E-state index is 11.3. The molecule has 0 spiro atoms.